The average Bonchev–Trinajstić information content (AvgIpc) is 2.71. The number of rotatable bonds is 5. The predicted octanol–water partition coefficient (Wildman–Crippen LogP) is 4.63. The zero-order valence-electron chi connectivity index (χ0n) is 16.4. The van der Waals surface area contributed by atoms with Crippen LogP contribution in [0.3, 0.4) is 0 Å². The van der Waals surface area contributed by atoms with Gasteiger partial charge in [0, 0.05) is 34.5 Å². The van der Waals surface area contributed by atoms with Gasteiger partial charge in [-0.1, -0.05) is 24.3 Å². The Bertz CT molecular complexity index is 1270. The first-order valence-corrected chi connectivity index (χ1v) is 9.54. The van der Waals surface area contributed by atoms with Gasteiger partial charge in [0.05, 0.1) is 11.9 Å². The molecule has 0 spiro atoms. The molecule has 0 N–H and O–H groups in total. The molecule has 4 rings (SSSR count). The molecule has 0 radical (unpaired) electrons. The van der Waals surface area contributed by atoms with Crippen molar-refractivity contribution in [2.75, 3.05) is 0 Å². The second kappa shape index (κ2) is 7.87. The molecule has 146 valence electrons. The number of hydrogen-bond donors (Lipinski definition) is 0. The Kier molecular flexibility index (Phi) is 5.12. The van der Waals surface area contributed by atoms with Crippen molar-refractivity contribution in [1.82, 2.24) is 4.98 Å². The van der Waals surface area contributed by atoms with Crippen molar-refractivity contribution in [1.29, 1.82) is 0 Å². The molecular formula is C24H21NO4. The fourth-order valence-electron chi connectivity index (χ4n) is 3.31. The van der Waals surface area contributed by atoms with Gasteiger partial charge in [-0.25, -0.2) is 4.79 Å². The Hall–Kier alpha value is -3.47. The zero-order chi connectivity index (χ0) is 20.4. The standard InChI is InChI=1S/C24H21NO4/c1-15-11-20-18(13-24(27)29-22(20)12-16(15)2)14-28-23(26)10-9-19-8-7-17-5-3-4-6-21(17)25-19/h3-8,11-13H,9-10,14H2,1-2H3. The zero-order valence-corrected chi connectivity index (χ0v) is 16.4. The molecule has 2 aromatic carbocycles. The topological polar surface area (TPSA) is 69.4 Å². The number of carbonyl (C=O) groups is 1. The summed E-state index contributed by atoms with van der Waals surface area (Å²) in [7, 11) is 0. The van der Waals surface area contributed by atoms with Crippen molar-refractivity contribution >= 4 is 27.8 Å². The summed E-state index contributed by atoms with van der Waals surface area (Å²) in [5.74, 6) is -0.329. The number of aromatic nitrogens is 1. The van der Waals surface area contributed by atoms with Crippen LogP contribution < -0.4 is 5.63 Å². The Labute approximate surface area is 168 Å². The van der Waals surface area contributed by atoms with Gasteiger partial charge in [0.15, 0.2) is 0 Å². The van der Waals surface area contributed by atoms with Crippen LogP contribution in [0.1, 0.15) is 28.8 Å². The summed E-state index contributed by atoms with van der Waals surface area (Å²) in [6.07, 6.45) is 0.725. The van der Waals surface area contributed by atoms with Crippen molar-refractivity contribution < 1.29 is 13.9 Å². The fraction of sp³-hybridized carbons (Fsp3) is 0.208. The molecule has 0 aliphatic rings. The molecule has 29 heavy (non-hydrogen) atoms. The van der Waals surface area contributed by atoms with Gasteiger partial charge in [-0.3, -0.25) is 9.78 Å². The Morgan fingerprint density at radius 1 is 1.03 bits per heavy atom. The van der Waals surface area contributed by atoms with E-state index in [1.54, 1.807) is 0 Å². The second-order valence-electron chi connectivity index (χ2n) is 7.18. The van der Waals surface area contributed by atoms with E-state index in [0.29, 0.717) is 17.6 Å². The number of pyridine rings is 1. The number of ether oxygens (including phenoxy) is 1. The van der Waals surface area contributed by atoms with Crippen molar-refractivity contribution in [2.24, 2.45) is 0 Å². The number of nitrogens with zero attached hydrogens (tertiary/aromatic N) is 1. The van der Waals surface area contributed by atoms with Crippen molar-refractivity contribution in [3.05, 3.63) is 87.4 Å². The quantitative estimate of drug-likeness (QED) is 0.369. The van der Waals surface area contributed by atoms with Crippen LogP contribution in [-0.4, -0.2) is 11.0 Å². The first-order chi connectivity index (χ1) is 14.0. The van der Waals surface area contributed by atoms with E-state index in [0.717, 1.165) is 33.1 Å². The number of hydrogen-bond acceptors (Lipinski definition) is 5. The fourth-order valence-corrected chi connectivity index (χ4v) is 3.31. The van der Waals surface area contributed by atoms with Crippen LogP contribution in [0, 0.1) is 13.8 Å². The highest BCUT2D eigenvalue weighted by Gasteiger charge is 2.11. The molecule has 0 saturated carbocycles. The van der Waals surface area contributed by atoms with E-state index in [9.17, 15) is 9.59 Å². The minimum absolute atomic E-state index is 0.0363. The molecule has 2 heterocycles. The summed E-state index contributed by atoms with van der Waals surface area (Å²) < 4.78 is 10.7. The number of benzene rings is 2. The minimum atomic E-state index is -0.452. The van der Waals surface area contributed by atoms with Crippen LogP contribution in [0.2, 0.25) is 0 Å². The monoisotopic (exact) mass is 387 g/mol. The smallest absolute Gasteiger partial charge is 0.336 e. The summed E-state index contributed by atoms with van der Waals surface area (Å²) in [5.41, 5.74) is 4.58. The van der Waals surface area contributed by atoms with Crippen LogP contribution in [0.25, 0.3) is 21.9 Å². The van der Waals surface area contributed by atoms with E-state index in [-0.39, 0.29) is 19.0 Å². The molecule has 4 aromatic rings. The van der Waals surface area contributed by atoms with Gasteiger partial charge < -0.3 is 9.15 Å². The summed E-state index contributed by atoms with van der Waals surface area (Å²) in [6, 6.07) is 17.0. The maximum absolute atomic E-state index is 12.2. The molecule has 0 atom stereocenters. The Balaban J connectivity index is 1.44. The van der Waals surface area contributed by atoms with Crippen LogP contribution >= 0.6 is 0 Å². The van der Waals surface area contributed by atoms with Gasteiger partial charge in [0.25, 0.3) is 0 Å². The summed E-state index contributed by atoms with van der Waals surface area (Å²) in [4.78, 5) is 28.7. The van der Waals surface area contributed by atoms with E-state index in [1.807, 2.05) is 62.4 Å². The van der Waals surface area contributed by atoms with Crippen LogP contribution in [0.4, 0.5) is 0 Å². The van der Waals surface area contributed by atoms with E-state index in [1.165, 1.54) is 6.07 Å². The van der Waals surface area contributed by atoms with Gasteiger partial charge >= 0.3 is 11.6 Å². The van der Waals surface area contributed by atoms with Gasteiger partial charge in [-0.2, -0.15) is 0 Å². The number of para-hydroxylation sites is 1. The number of esters is 1. The summed E-state index contributed by atoms with van der Waals surface area (Å²) >= 11 is 0. The van der Waals surface area contributed by atoms with Gasteiger partial charge in [-0.15, -0.1) is 0 Å². The largest absolute Gasteiger partial charge is 0.461 e. The van der Waals surface area contributed by atoms with E-state index in [2.05, 4.69) is 4.98 Å². The summed E-state index contributed by atoms with van der Waals surface area (Å²) in [6.45, 7) is 3.99. The first-order valence-electron chi connectivity index (χ1n) is 9.54. The van der Waals surface area contributed by atoms with Crippen molar-refractivity contribution in [2.45, 2.75) is 33.3 Å². The SMILES string of the molecule is Cc1cc2oc(=O)cc(COC(=O)CCc3ccc4ccccc4n3)c2cc1C. The third kappa shape index (κ3) is 4.19. The van der Waals surface area contributed by atoms with E-state index < -0.39 is 5.63 Å². The van der Waals surface area contributed by atoms with E-state index in [4.69, 9.17) is 9.15 Å². The van der Waals surface area contributed by atoms with Gasteiger partial charge in [0.1, 0.15) is 12.2 Å². The van der Waals surface area contributed by atoms with Crippen LogP contribution in [-0.2, 0) is 22.6 Å². The highest BCUT2D eigenvalue weighted by molar-refractivity contribution is 5.82. The molecule has 0 saturated heterocycles. The third-order valence-electron chi connectivity index (χ3n) is 5.07. The predicted molar refractivity (Wildman–Crippen MR) is 112 cm³/mol. The van der Waals surface area contributed by atoms with Crippen LogP contribution in [0.15, 0.2) is 63.8 Å². The molecule has 2 aromatic heterocycles. The maximum atomic E-state index is 12.2. The molecule has 5 nitrogen and oxygen atoms in total. The lowest BCUT2D eigenvalue weighted by atomic mass is 10.0. The van der Waals surface area contributed by atoms with Crippen molar-refractivity contribution in [3.63, 3.8) is 0 Å². The highest BCUT2D eigenvalue weighted by atomic mass is 16.5. The molecule has 0 bridgehead atoms. The Morgan fingerprint density at radius 3 is 2.69 bits per heavy atom. The van der Waals surface area contributed by atoms with Crippen LogP contribution in [0.5, 0.6) is 0 Å². The highest BCUT2D eigenvalue weighted by Crippen LogP contribution is 2.22. The second-order valence-corrected chi connectivity index (χ2v) is 7.18. The van der Waals surface area contributed by atoms with E-state index >= 15 is 0 Å². The first kappa shape index (κ1) is 18.9. The molecule has 0 aliphatic carbocycles. The minimum Gasteiger partial charge on any atom is -0.461 e. The number of fused-ring (bicyclic) bond motifs is 2. The summed E-state index contributed by atoms with van der Waals surface area (Å²) in [5, 5.41) is 1.86. The normalized spacial score (nSPS) is 11.1. The average molecular weight is 387 g/mol. The molecule has 0 aliphatic heterocycles. The number of carbonyl (C=O) groups excluding carboxylic acids is 1. The lowest BCUT2D eigenvalue weighted by Crippen LogP contribution is -2.09. The molecular weight excluding hydrogens is 366 g/mol. The van der Waals surface area contributed by atoms with Gasteiger partial charge in [0.2, 0.25) is 0 Å². The Morgan fingerprint density at radius 2 is 1.83 bits per heavy atom. The lowest BCUT2D eigenvalue weighted by molar-refractivity contribution is -0.144. The maximum Gasteiger partial charge on any atom is 0.336 e. The molecule has 5 heteroatoms. The molecule has 0 unspecified atom stereocenters. The molecule has 0 amide bonds. The lowest BCUT2D eigenvalue weighted by Gasteiger charge is -2.09. The third-order valence-corrected chi connectivity index (χ3v) is 5.07. The van der Waals surface area contributed by atoms with Gasteiger partial charge in [-0.05, 0) is 49.2 Å². The van der Waals surface area contributed by atoms with Crippen molar-refractivity contribution in [3.8, 4) is 0 Å². The number of aryl methyl sites for hydroxylation is 3. The molecule has 0 fully saturated rings.